The number of rotatable bonds is 4. The number of nitrogens with zero attached hydrogens (tertiary/aromatic N) is 3. The molecule has 0 saturated carbocycles. The van der Waals surface area contributed by atoms with Crippen LogP contribution < -0.4 is 15.7 Å². The number of benzene rings is 1. The van der Waals surface area contributed by atoms with Gasteiger partial charge < -0.3 is 4.74 Å². The van der Waals surface area contributed by atoms with Gasteiger partial charge in [0.1, 0.15) is 0 Å². The molecule has 2 aliphatic rings. The second-order valence-corrected chi connectivity index (χ2v) is 6.36. The summed E-state index contributed by atoms with van der Waals surface area (Å²) >= 11 is 0. The number of nitrogens with one attached hydrogen (secondary N) is 2. The smallest absolute Gasteiger partial charge is 0.221 e. The van der Waals surface area contributed by atoms with Crippen LogP contribution in [0.15, 0.2) is 40.7 Å². The Bertz CT molecular complexity index is 775. The molecule has 0 radical (unpaired) electrons. The third-order valence-electron chi connectivity index (χ3n) is 4.77. The Balaban J connectivity index is 1.98. The first kappa shape index (κ1) is 16.0. The van der Waals surface area contributed by atoms with Gasteiger partial charge in [0.2, 0.25) is 5.88 Å². The number of aromatic nitrogens is 1. The first-order valence-corrected chi connectivity index (χ1v) is 9.02. The molecule has 130 valence electrons. The van der Waals surface area contributed by atoms with Crippen molar-refractivity contribution in [1.82, 2.24) is 15.9 Å². The molecular weight excluding hydrogens is 314 g/mol. The molecule has 1 aliphatic carbocycles. The fourth-order valence-corrected chi connectivity index (χ4v) is 3.68. The van der Waals surface area contributed by atoms with E-state index in [9.17, 15) is 0 Å². The minimum atomic E-state index is -0.294. The van der Waals surface area contributed by atoms with Crippen LogP contribution in [0.1, 0.15) is 49.2 Å². The van der Waals surface area contributed by atoms with Crippen molar-refractivity contribution in [2.24, 2.45) is 10.3 Å². The van der Waals surface area contributed by atoms with Crippen molar-refractivity contribution in [3.8, 4) is 17.0 Å². The van der Waals surface area contributed by atoms with Crippen LogP contribution in [0.25, 0.3) is 11.1 Å². The van der Waals surface area contributed by atoms with Crippen LogP contribution >= 0.6 is 0 Å². The number of pyridine rings is 1. The van der Waals surface area contributed by atoms with E-state index in [0.29, 0.717) is 12.5 Å². The van der Waals surface area contributed by atoms with Gasteiger partial charge in [-0.15, -0.1) is 5.11 Å². The summed E-state index contributed by atoms with van der Waals surface area (Å²) in [6.45, 7) is 2.56. The van der Waals surface area contributed by atoms with Gasteiger partial charge in [-0.1, -0.05) is 42.0 Å². The van der Waals surface area contributed by atoms with Crippen LogP contribution in [0.5, 0.6) is 5.88 Å². The zero-order chi connectivity index (χ0) is 17.1. The molecule has 2 aromatic rings. The maximum atomic E-state index is 5.94. The van der Waals surface area contributed by atoms with E-state index in [2.05, 4.69) is 45.6 Å². The number of hydrogen-bond donors (Lipinski definition) is 2. The zero-order valence-corrected chi connectivity index (χ0v) is 14.5. The van der Waals surface area contributed by atoms with Crippen LogP contribution in [0, 0.1) is 0 Å². The number of hydrazine groups is 1. The largest absolute Gasteiger partial charge is 0.478 e. The van der Waals surface area contributed by atoms with Crippen molar-refractivity contribution in [1.29, 1.82) is 0 Å². The molecule has 0 bridgehead atoms. The number of hydrogen-bond acceptors (Lipinski definition) is 6. The van der Waals surface area contributed by atoms with E-state index in [4.69, 9.17) is 9.72 Å². The van der Waals surface area contributed by atoms with E-state index in [1.165, 1.54) is 41.6 Å². The zero-order valence-electron chi connectivity index (χ0n) is 14.5. The molecule has 0 saturated heterocycles. The number of fused-ring (bicyclic) bond motifs is 1. The highest BCUT2D eigenvalue weighted by Crippen LogP contribution is 2.41. The highest BCUT2D eigenvalue weighted by atomic mass is 16.5. The molecule has 4 rings (SSSR count). The van der Waals surface area contributed by atoms with Crippen molar-refractivity contribution >= 4 is 0 Å². The van der Waals surface area contributed by atoms with E-state index in [-0.39, 0.29) is 6.17 Å². The normalized spacial score (nSPS) is 19.2. The van der Waals surface area contributed by atoms with Gasteiger partial charge in [0.05, 0.1) is 12.2 Å². The molecule has 1 aromatic heterocycles. The summed E-state index contributed by atoms with van der Waals surface area (Å²) < 4.78 is 5.94. The van der Waals surface area contributed by atoms with Gasteiger partial charge in [0, 0.05) is 5.69 Å². The van der Waals surface area contributed by atoms with Gasteiger partial charge in [-0.05, 0) is 49.3 Å². The van der Waals surface area contributed by atoms with Crippen LogP contribution in [0.4, 0.5) is 0 Å². The molecule has 1 aliphatic heterocycles. The van der Waals surface area contributed by atoms with E-state index in [1.807, 2.05) is 13.0 Å². The minimum absolute atomic E-state index is 0.294. The standard InChI is InChI=1S/C19H23N5O/c1-2-25-19-17(18-21-23-24-22-18)16(13-9-5-3-6-10-13)14-11-7-4-8-12-15(14)20-19/h3,5-6,9-10,18H,2,4,7-8,11-12H2,1H3,(H,21,24)(H,22,23). The first-order chi connectivity index (χ1) is 12.4. The molecule has 1 aromatic carbocycles. The highest BCUT2D eigenvalue weighted by molar-refractivity contribution is 5.74. The second-order valence-electron chi connectivity index (χ2n) is 6.36. The topological polar surface area (TPSA) is 70.9 Å². The Morgan fingerprint density at radius 1 is 1.12 bits per heavy atom. The fourth-order valence-electron chi connectivity index (χ4n) is 3.68. The van der Waals surface area contributed by atoms with E-state index in [0.717, 1.165) is 18.4 Å². The number of ether oxygens (including phenoxy) is 1. The van der Waals surface area contributed by atoms with Gasteiger partial charge in [-0.2, -0.15) is 5.43 Å². The molecule has 6 nitrogen and oxygen atoms in total. The number of aryl methyl sites for hydroxylation is 1. The third kappa shape index (κ3) is 3.09. The summed E-state index contributed by atoms with van der Waals surface area (Å²) in [4.78, 5) is 4.90. The summed E-state index contributed by atoms with van der Waals surface area (Å²) in [6.07, 6.45) is 5.38. The van der Waals surface area contributed by atoms with Gasteiger partial charge in [0.25, 0.3) is 0 Å². The summed E-state index contributed by atoms with van der Waals surface area (Å²) in [5.74, 6) is 0.669. The summed E-state index contributed by atoms with van der Waals surface area (Å²) in [5.41, 5.74) is 11.7. The van der Waals surface area contributed by atoms with E-state index < -0.39 is 0 Å². The Morgan fingerprint density at radius 2 is 1.96 bits per heavy atom. The molecule has 2 N–H and O–H groups in total. The molecule has 0 amide bonds. The SMILES string of the molecule is CCOc1nc2c(c(-c3ccccc3)c1C1N=NNN1)CCCCC2. The Hall–Kier alpha value is -2.47. The van der Waals surface area contributed by atoms with Gasteiger partial charge >= 0.3 is 0 Å². The molecule has 25 heavy (non-hydrogen) atoms. The molecule has 2 heterocycles. The predicted octanol–water partition coefficient (Wildman–Crippen LogP) is 3.89. The van der Waals surface area contributed by atoms with Crippen molar-refractivity contribution in [3.05, 3.63) is 47.2 Å². The van der Waals surface area contributed by atoms with Crippen molar-refractivity contribution < 1.29 is 4.74 Å². The average Bonchev–Trinajstić information content (AvgIpc) is 3.07. The summed E-state index contributed by atoms with van der Waals surface area (Å²) in [5, 5.41) is 8.18. The quantitative estimate of drug-likeness (QED) is 0.830. The second kappa shape index (κ2) is 7.19. The van der Waals surface area contributed by atoms with E-state index >= 15 is 0 Å². The maximum absolute atomic E-state index is 5.94. The first-order valence-electron chi connectivity index (χ1n) is 9.02. The monoisotopic (exact) mass is 337 g/mol. The summed E-state index contributed by atoms with van der Waals surface area (Å²) in [6, 6.07) is 10.5. The third-order valence-corrected chi connectivity index (χ3v) is 4.77. The lowest BCUT2D eigenvalue weighted by atomic mass is 9.90. The molecule has 0 fully saturated rings. The molecule has 0 spiro atoms. The average molecular weight is 337 g/mol. The lowest BCUT2D eigenvalue weighted by Crippen LogP contribution is -2.26. The van der Waals surface area contributed by atoms with Gasteiger partial charge in [-0.25, -0.2) is 10.5 Å². The van der Waals surface area contributed by atoms with Crippen LogP contribution in [0.3, 0.4) is 0 Å². The highest BCUT2D eigenvalue weighted by Gasteiger charge is 2.29. The van der Waals surface area contributed by atoms with Crippen molar-refractivity contribution in [2.75, 3.05) is 6.61 Å². The Kier molecular flexibility index (Phi) is 4.61. The molecule has 6 heteroatoms. The lowest BCUT2D eigenvalue weighted by Gasteiger charge is -2.22. The Morgan fingerprint density at radius 3 is 2.72 bits per heavy atom. The van der Waals surface area contributed by atoms with Crippen molar-refractivity contribution in [2.45, 2.75) is 45.2 Å². The minimum Gasteiger partial charge on any atom is -0.478 e. The summed E-state index contributed by atoms with van der Waals surface area (Å²) in [7, 11) is 0. The van der Waals surface area contributed by atoms with Crippen LogP contribution in [-0.4, -0.2) is 11.6 Å². The molecular formula is C19H23N5O. The van der Waals surface area contributed by atoms with Crippen LogP contribution in [0.2, 0.25) is 0 Å². The maximum Gasteiger partial charge on any atom is 0.221 e. The van der Waals surface area contributed by atoms with E-state index in [1.54, 1.807) is 0 Å². The van der Waals surface area contributed by atoms with Gasteiger partial charge in [-0.3, -0.25) is 0 Å². The van der Waals surface area contributed by atoms with Crippen LogP contribution in [-0.2, 0) is 12.8 Å². The fraction of sp³-hybridized carbons (Fsp3) is 0.421. The van der Waals surface area contributed by atoms with Crippen molar-refractivity contribution in [3.63, 3.8) is 0 Å². The molecule has 1 unspecified atom stereocenters. The van der Waals surface area contributed by atoms with Gasteiger partial charge in [0.15, 0.2) is 6.17 Å². The lowest BCUT2D eigenvalue weighted by molar-refractivity contribution is 0.317. The molecule has 1 atom stereocenters. The Labute approximate surface area is 147 Å². The predicted molar refractivity (Wildman–Crippen MR) is 96.0 cm³/mol.